The summed E-state index contributed by atoms with van der Waals surface area (Å²) >= 11 is 0. The number of nitrogens with zero attached hydrogens (tertiary/aromatic N) is 1. The van der Waals surface area contributed by atoms with E-state index in [0.29, 0.717) is 5.69 Å². The molecule has 2 unspecified atom stereocenters. The lowest BCUT2D eigenvalue weighted by Gasteiger charge is -2.29. The molecular weight excluding hydrogens is 266 g/mol. The number of primary sulfonamides is 1. The summed E-state index contributed by atoms with van der Waals surface area (Å²) in [5, 5.41) is 5.08. The van der Waals surface area contributed by atoms with Gasteiger partial charge in [0.2, 0.25) is 10.0 Å². The second-order valence-electron chi connectivity index (χ2n) is 4.81. The van der Waals surface area contributed by atoms with Gasteiger partial charge in [0.05, 0.1) is 28.4 Å². The second-order valence-corrected chi connectivity index (χ2v) is 6.37. The zero-order valence-electron chi connectivity index (χ0n) is 11.0. The standard InChI is InChI=1S/C12H19N3O3S/c1-8-11(5-6-18-8)15(2)12-4-3-9(7-10(12)13)19(14,16)17/h3-4,7-8,11H,5-6,13H2,1-2H3,(H2,14,16,17). The quantitative estimate of drug-likeness (QED) is 0.789. The highest BCUT2D eigenvalue weighted by molar-refractivity contribution is 7.89. The summed E-state index contributed by atoms with van der Waals surface area (Å²) in [6.45, 7) is 2.74. The molecule has 1 aromatic rings. The Morgan fingerprint density at radius 3 is 2.58 bits per heavy atom. The maximum Gasteiger partial charge on any atom is 0.238 e. The molecule has 6 nitrogen and oxygen atoms in total. The largest absolute Gasteiger partial charge is 0.397 e. The number of likely N-dealkylation sites (N-methyl/N-ethyl adjacent to an activating group) is 1. The van der Waals surface area contributed by atoms with E-state index in [4.69, 9.17) is 15.6 Å². The lowest BCUT2D eigenvalue weighted by Crippen LogP contribution is -2.37. The Hall–Kier alpha value is -1.31. The molecule has 1 heterocycles. The third kappa shape index (κ3) is 2.83. The Morgan fingerprint density at radius 2 is 2.11 bits per heavy atom. The molecule has 2 atom stereocenters. The zero-order valence-corrected chi connectivity index (χ0v) is 11.9. The number of nitrogens with two attached hydrogens (primary N) is 2. The fourth-order valence-corrected chi connectivity index (χ4v) is 2.99. The van der Waals surface area contributed by atoms with E-state index in [9.17, 15) is 8.42 Å². The molecule has 1 fully saturated rings. The highest BCUT2D eigenvalue weighted by Gasteiger charge is 2.29. The molecule has 1 aromatic carbocycles. The van der Waals surface area contributed by atoms with Crippen molar-refractivity contribution in [3.63, 3.8) is 0 Å². The van der Waals surface area contributed by atoms with Gasteiger partial charge < -0.3 is 15.4 Å². The number of hydrogen-bond donors (Lipinski definition) is 2. The SMILES string of the molecule is CC1OCCC1N(C)c1ccc(S(N)(=O)=O)cc1N. The Morgan fingerprint density at radius 1 is 1.42 bits per heavy atom. The number of rotatable bonds is 3. The summed E-state index contributed by atoms with van der Waals surface area (Å²) in [4.78, 5) is 2.05. The second kappa shape index (κ2) is 4.99. The predicted molar refractivity (Wildman–Crippen MR) is 74.4 cm³/mol. The van der Waals surface area contributed by atoms with Crippen molar-refractivity contribution in [2.75, 3.05) is 24.3 Å². The van der Waals surface area contributed by atoms with Crippen molar-refractivity contribution in [3.8, 4) is 0 Å². The summed E-state index contributed by atoms with van der Waals surface area (Å²) in [6, 6.07) is 4.78. The van der Waals surface area contributed by atoms with Gasteiger partial charge in [-0.3, -0.25) is 0 Å². The molecule has 0 radical (unpaired) electrons. The zero-order chi connectivity index (χ0) is 14.2. The van der Waals surface area contributed by atoms with E-state index in [1.165, 1.54) is 12.1 Å². The minimum Gasteiger partial charge on any atom is -0.397 e. The summed E-state index contributed by atoms with van der Waals surface area (Å²) in [5.74, 6) is 0. The van der Waals surface area contributed by atoms with Crippen molar-refractivity contribution < 1.29 is 13.2 Å². The minimum atomic E-state index is -3.72. The van der Waals surface area contributed by atoms with Crippen LogP contribution in [-0.4, -0.2) is 34.2 Å². The van der Waals surface area contributed by atoms with Gasteiger partial charge in [0.1, 0.15) is 0 Å². The first-order valence-corrected chi connectivity index (χ1v) is 7.62. The molecule has 0 amide bonds. The van der Waals surface area contributed by atoms with Gasteiger partial charge >= 0.3 is 0 Å². The van der Waals surface area contributed by atoms with Crippen LogP contribution in [-0.2, 0) is 14.8 Å². The molecule has 19 heavy (non-hydrogen) atoms. The normalized spacial score (nSPS) is 23.5. The van der Waals surface area contributed by atoms with E-state index in [-0.39, 0.29) is 17.0 Å². The third-order valence-electron chi connectivity index (χ3n) is 3.54. The van der Waals surface area contributed by atoms with Crippen LogP contribution in [0.5, 0.6) is 0 Å². The number of sulfonamides is 1. The van der Waals surface area contributed by atoms with E-state index in [0.717, 1.165) is 18.7 Å². The first-order valence-electron chi connectivity index (χ1n) is 6.07. The topological polar surface area (TPSA) is 98.6 Å². The predicted octanol–water partition coefficient (Wildman–Crippen LogP) is 0.530. The smallest absolute Gasteiger partial charge is 0.238 e. The van der Waals surface area contributed by atoms with E-state index < -0.39 is 10.0 Å². The van der Waals surface area contributed by atoms with Gasteiger partial charge in [-0.2, -0.15) is 0 Å². The molecule has 0 saturated carbocycles. The first-order chi connectivity index (χ1) is 8.80. The maximum absolute atomic E-state index is 11.3. The van der Waals surface area contributed by atoms with Crippen LogP contribution in [0.3, 0.4) is 0 Å². The number of nitrogen functional groups attached to an aromatic ring is 1. The number of anilines is 2. The van der Waals surface area contributed by atoms with Crippen LogP contribution in [0.2, 0.25) is 0 Å². The fraction of sp³-hybridized carbons (Fsp3) is 0.500. The van der Waals surface area contributed by atoms with Crippen LogP contribution in [0.25, 0.3) is 0 Å². The minimum absolute atomic E-state index is 0.0258. The van der Waals surface area contributed by atoms with E-state index >= 15 is 0 Å². The molecule has 0 spiro atoms. The van der Waals surface area contributed by atoms with Crippen LogP contribution in [0, 0.1) is 0 Å². The van der Waals surface area contributed by atoms with Crippen LogP contribution in [0.15, 0.2) is 23.1 Å². The number of hydrogen-bond acceptors (Lipinski definition) is 5. The molecule has 1 saturated heterocycles. The molecule has 0 aliphatic carbocycles. The lowest BCUT2D eigenvalue weighted by atomic mass is 10.1. The molecule has 4 N–H and O–H groups in total. The summed E-state index contributed by atoms with van der Waals surface area (Å²) < 4.78 is 28.1. The van der Waals surface area contributed by atoms with Gasteiger partial charge in [0.15, 0.2) is 0 Å². The molecule has 7 heteroatoms. The average molecular weight is 285 g/mol. The Bertz CT molecular complexity index is 574. The lowest BCUT2D eigenvalue weighted by molar-refractivity contribution is 0.118. The van der Waals surface area contributed by atoms with E-state index in [1.54, 1.807) is 6.07 Å². The van der Waals surface area contributed by atoms with Gasteiger partial charge in [-0.05, 0) is 31.5 Å². The van der Waals surface area contributed by atoms with Crippen molar-refractivity contribution in [2.24, 2.45) is 5.14 Å². The van der Waals surface area contributed by atoms with Gasteiger partial charge in [0.25, 0.3) is 0 Å². The van der Waals surface area contributed by atoms with Crippen molar-refractivity contribution in [1.29, 1.82) is 0 Å². The van der Waals surface area contributed by atoms with Gasteiger partial charge in [-0.25, -0.2) is 13.6 Å². The van der Waals surface area contributed by atoms with Crippen LogP contribution in [0.1, 0.15) is 13.3 Å². The van der Waals surface area contributed by atoms with E-state index in [1.807, 2.05) is 18.9 Å². The first kappa shape index (κ1) is 14.1. The van der Waals surface area contributed by atoms with Crippen LogP contribution in [0.4, 0.5) is 11.4 Å². The molecule has 0 aromatic heterocycles. The molecule has 1 aliphatic rings. The molecule has 0 bridgehead atoms. The maximum atomic E-state index is 11.3. The third-order valence-corrected chi connectivity index (χ3v) is 4.45. The van der Waals surface area contributed by atoms with Gasteiger partial charge in [0, 0.05) is 13.7 Å². The molecule has 106 valence electrons. The van der Waals surface area contributed by atoms with Crippen molar-refractivity contribution in [1.82, 2.24) is 0 Å². The highest BCUT2D eigenvalue weighted by atomic mass is 32.2. The summed E-state index contributed by atoms with van der Waals surface area (Å²) in [7, 11) is -1.79. The van der Waals surface area contributed by atoms with Crippen molar-refractivity contribution in [2.45, 2.75) is 30.4 Å². The highest BCUT2D eigenvalue weighted by Crippen LogP contribution is 2.30. The summed E-state index contributed by atoms with van der Waals surface area (Å²) in [5.41, 5.74) is 7.11. The summed E-state index contributed by atoms with van der Waals surface area (Å²) in [6.07, 6.45) is 1.05. The molecule has 2 rings (SSSR count). The molecule has 1 aliphatic heterocycles. The fourth-order valence-electron chi connectivity index (χ4n) is 2.44. The number of ether oxygens (including phenoxy) is 1. The van der Waals surface area contributed by atoms with Gasteiger partial charge in [-0.15, -0.1) is 0 Å². The van der Waals surface area contributed by atoms with Crippen molar-refractivity contribution in [3.05, 3.63) is 18.2 Å². The average Bonchev–Trinajstić information content (AvgIpc) is 2.73. The Balaban J connectivity index is 2.31. The van der Waals surface area contributed by atoms with Crippen LogP contribution < -0.4 is 15.8 Å². The number of benzene rings is 1. The van der Waals surface area contributed by atoms with Gasteiger partial charge in [-0.1, -0.05) is 0 Å². The van der Waals surface area contributed by atoms with E-state index in [2.05, 4.69) is 0 Å². The molecular formula is C12H19N3O3S. The van der Waals surface area contributed by atoms with Crippen molar-refractivity contribution >= 4 is 21.4 Å². The monoisotopic (exact) mass is 285 g/mol. The van der Waals surface area contributed by atoms with Crippen LogP contribution >= 0.6 is 0 Å². The Labute approximate surface area is 113 Å². The Kier molecular flexibility index (Phi) is 3.71.